The van der Waals surface area contributed by atoms with Gasteiger partial charge in [0.05, 0.1) is 18.5 Å². The van der Waals surface area contributed by atoms with Crippen molar-refractivity contribution in [2.45, 2.75) is 6.92 Å². The molecule has 29 heavy (non-hydrogen) atoms. The van der Waals surface area contributed by atoms with Crippen molar-refractivity contribution in [1.82, 2.24) is 9.38 Å². The predicted molar refractivity (Wildman–Crippen MR) is 110 cm³/mol. The molecule has 1 N–H and O–H groups in total. The first-order valence-electron chi connectivity index (χ1n) is 8.69. The lowest BCUT2D eigenvalue weighted by molar-refractivity contribution is 0.102. The Balaban J connectivity index is 1.77. The number of aryl methyl sites for hydroxylation is 1. The van der Waals surface area contributed by atoms with Crippen LogP contribution in [-0.2, 0) is 0 Å². The number of nitrogens with zero attached hydrogens (tertiary/aromatic N) is 2. The van der Waals surface area contributed by atoms with Crippen LogP contribution in [0.2, 0.25) is 0 Å². The van der Waals surface area contributed by atoms with E-state index >= 15 is 0 Å². The molecule has 2 heterocycles. The Kier molecular flexibility index (Phi) is 4.85. The minimum absolute atomic E-state index is 0.104. The van der Waals surface area contributed by atoms with Gasteiger partial charge in [-0.15, -0.1) is 11.3 Å². The van der Waals surface area contributed by atoms with Crippen LogP contribution < -0.4 is 15.6 Å². The van der Waals surface area contributed by atoms with E-state index in [1.165, 1.54) is 41.2 Å². The fourth-order valence-electron chi connectivity index (χ4n) is 2.98. The highest BCUT2D eigenvalue weighted by Gasteiger charge is 2.18. The number of ether oxygens (including phenoxy) is 1. The summed E-state index contributed by atoms with van der Waals surface area (Å²) >= 11 is 1.27. The zero-order valence-corrected chi connectivity index (χ0v) is 16.4. The Hall–Kier alpha value is -3.52. The van der Waals surface area contributed by atoms with Gasteiger partial charge in [-0.2, -0.15) is 0 Å². The molecule has 0 atom stereocenters. The van der Waals surface area contributed by atoms with E-state index in [1.807, 2.05) is 13.0 Å². The number of carbonyl (C=O) groups is 1. The molecule has 0 radical (unpaired) electrons. The normalized spacial score (nSPS) is 10.9. The van der Waals surface area contributed by atoms with E-state index in [-0.39, 0.29) is 11.4 Å². The van der Waals surface area contributed by atoms with Crippen LogP contribution >= 0.6 is 11.3 Å². The number of thiazole rings is 1. The van der Waals surface area contributed by atoms with Crippen LogP contribution in [0.25, 0.3) is 16.2 Å². The Labute approximate surface area is 169 Å². The summed E-state index contributed by atoms with van der Waals surface area (Å²) < 4.78 is 19.9. The van der Waals surface area contributed by atoms with Crippen LogP contribution in [0, 0.1) is 12.7 Å². The molecule has 2 aromatic carbocycles. The van der Waals surface area contributed by atoms with Crippen LogP contribution in [0.1, 0.15) is 15.9 Å². The molecule has 0 saturated carbocycles. The van der Waals surface area contributed by atoms with Crippen molar-refractivity contribution in [3.63, 3.8) is 0 Å². The van der Waals surface area contributed by atoms with Crippen LogP contribution in [0.5, 0.6) is 5.75 Å². The minimum Gasteiger partial charge on any atom is -0.495 e. The third-order valence-corrected chi connectivity index (χ3v) is 5.27. The lowest BCUT2D eigenvalue weighted by Crippen LogP contribution is -2.26. The Morgan fingerprint density at radius 3 is 2.69 bits per heavy atom. The van der Waals surface area contributed by atoms with Crippen molar-refractivity contribution < 1.29 is 13.9 Å². The average molecular weight is 409 g/mol. The number of carbonyl (C=O) groups excluding carboxylic acids is 1. The summed E-state index contributed by atoms with van der Waals surface area (Å²) in [6, 6.07) is 11.1. The zero-order chi connectivity index (χ0) is 20.5. The number of benzene rings is 2. The second-order valence-electron chi connectivity index (χ2n) is 6.38. The molecule has 0 unspecified atom stereocenters. The minimum atomic E-state index is -0.586. The first-order valence-corrected chi connectivity index (χ1v) is 9.57. The first-order chi connectivity index (χ1) is 14.0. The van der Waals surface area contributed by atoms with E-state index in [0.717, 1.165) is 5.56 Å². The number of rotatable bonds is 4. The van der Waals surface area contributed by atoms with Gasteiger partial charge in [0.1, 0.15) is 17.1 Å². The van der Waals surface area contributed by atoms with Crippen molar-refractivity contribution in [1.29, 1.82) is 0 Å². The molecule has 146 valence electrons. The molecule has 6 nitrogen and oxygen atoms in total. The number of hydrogen-bond donors (Lipinski definition) is 1. The molecule has 0 spiro atoms. The number of anilines is 1. The van der Waals surface area contributed by atoms with Gasteiger partial charge in [0, 0.05) is 11.6 Å². The molecule has 4 rings (SSSR count). The molecule has 0 fully saturated rings. The van der Waals surface area contributed by atoms with E-state index in [0.29, 0.717) is 27.7 Å². The number of hydrogen-bond acceptors (Lipinski definition) is 5. The smallest absolute Gasteiger partial charge is 0.271 e. The Bertz CT molecular complexity index is 1280. The van der Waals surface area contributed by atoms with Gasteiger partial charge in [0.15, 0.2) is 4.96 Å². The van der Waals surface area contributed by atoms with Crippen LogP contribution in [-0.4, -0.2) is 22.4 Å². The molecule has 0 bridgehead atoms. The van der Waals surface area contributed by atoms with Crippen molar-refractivity contribution in [2.24, 2.45) is 0 Å². The molecule has 0 aliphatic carbocycles. The third-order valence-electron chi connectivity index (χ3n) is 4.43. The number of aromatic nitrogens is 2. The molecular weight excluding hydrogens is 393 g/mol. The lowest BCUT2D eigenvalue weighted by Gasteiger charge is -2.11. The van der Waals surface area contributed by atoms with Gasteiger partial charge in [0.2, 0.25) is 0 Å². The van der Waals surface area contributed by atoms with E-state index in [1.54, 1.807) is 29.6 Å². The topological polar surface area (TPSA) is 72.7 Å². The van der Waals surface area contributed by atoms with Gasteiger partial charge in [-0.3, -0.25) is 14.0 Å². The fraction of sp³-hybridized carbons (Fsp3) is 0.0952. The first kappa shape index (κ1) is 18.8. The number of methoxy groups -OCH3 is 1. The van der Waals surface area contributed by atoms with E-state index in [9.17, 15) is 14.0 Å². The van der Waals surface area contributed by atoms with Gasteiger partial charge in [-0.1, -0.05) is 6.07 Å². The van der Waals surface area contributed by atoms with Gasteiger partial charge < -0.3 is 10.1 Å². The largest absolute Gasteiger partial charge is 0.495 e. The molecular formula is C21H16FN3O3S. The summed E-state index contributed by atoms with van der Waals surface area (Å²) in [5, 5.41) is 4.47. The maximum atomic E-state index is 13.2. The van der Waals surface area contributed by atoms with Crippen molar-refractivity contribution in [2.75, 3.05) is 12.4 Å². The summed E-state index contributed by atoms with van der Waals surface area (Å²) in [5.74, 6) is -0.469. The Morgan fingerprint density at radius 1 is 1.21 bits per heavy atom. The molecule has 1 amide bonds. The maximum absolute atomic E-state index is 13.2. The second kappa shape index (κ2) is 7.48. The lowest BCUT2D eigenvalue weighted by atomic mass is 10.1. The standard InChI is InChI=1S/C21H16FN3O3S/c1-12-3-8-18(28-2)16(9-12)24-19(26)15-10-23-21-25(20(15)27)17(11-29-21)13-4-6-14(22)7-5-13/h3-11H,1-2H3,(H,24,26). The SMILES string of the molecule is COc1ccc(C)cc1NC(=O)c1cnc2scc(-c3ccc(F)cc3)n2c1=O. The van der Waals surface area contributed by atoms with Crippen molar-refractivity contribution in [3.8, 4) is 17.0 Å². The monoisotopic (exact) mass is 409 g/mol. The Morgan fingerprint density at radius 2 is 1.97 bits per heavy atom. The molecule has 0 aliphatic heterocycles. The zero-order valence-electron chi connectivity index (χ0n) is 15.6. The molecule has 0 aliphatic rings. The fourth-order valence-corrected chi connectivity index (χ4v) is 3.84. The van der Waals surface area contributed by atoms with Gasteiger partial charge in [0.25, 0.3) is 11.5 Å². The summed E-state index contributed by atoms with van der Waals surface area (Å²) in [4.78, 5) is 30.6. The summed E-state index contributed by atoms with van der Waals surface area (Å²) in [6.45, 7) is 1.89. The molecule has 2 aromatic heterocycles. The number of amides is 1. The summed E-state index contributed by atoms with van der Waals surface area (Å²) in [6.07, 6.45) is 1.26. The highest BCUT2D eigenvalue weighted by Crippen LogP contribution is 2.26. The molecule has 4 aromatic rings. The van der Waals surface area contributed by atoms with Crippen LogP contribution in [0.3, 0.4) is 0 Å². The van der Waals surface area contributed by atoms with E-state index < -0.39 is 11.5 Å². The van der Waals surface area contributed by atoms with E-state index in [2.05, 4.69) is 10.3 Å². The highest BCUT2D eigenvalue weighted by atomic mass is 32.1. The van der Waals surface area contributed by atoms with Crippen molar-refractivity contribution in [3.05, 3.63) is 81.3 Å². The average Bonchev–Trinajstić information content (AvgIpc) is 3.14. The van der Waals surface area contributed by atoms with Gasteiger partial charge >= 0.3 is 0 Å². The van der Waals surface area contributed by atoms with Crippen LogP contribution in [0.4, 0.5) is 10.1 Å². The third kappa shape index (κ3) is 3.50. The van der Waals surface area contributed by atoms with Crippen LogP contribution in [0.15, 0.2) is 58.8 Å². The number of nitrogens with one attached hydrogen (secondary N) is 1. The number of fused-ring (bicyclic) bond motifs is 1. The van der Waals surface area contributed by atoms with Crippen molar-refractivity contribution >= 4 is 27.9 Å². The number of halogens is 1. The molecule has 8 heteroatoms. The quantitative estimate of drug-likeness (QED) is 0.550. The maximum Gasteiger partial charge on any atom is 0.271 e. The summed E-state index contributed by atoms with van der Waals surface area (Å²) in [7, 11) is 1.50. The van der Waals surface area contributed by atoms with Gasteiger partial charge in [-0.25, -0.2) is 9.37 Å². The van der Waals surface area contributed by atoms with Gasteiger partial charge in [-0.05, 0) is 54.4 Å². The summed E-state index contributed by atoms with van der Waals surface area (Å²) in [5.41, 5.74) is 1.99. The predicted octanol–water partition coefficient (Wildman–Crippen LogP) is 4.13. The second-order valence-corrected chi connectivity index (χ2v) is 7.22. The highest BCUT2D eigenvalue weighted by molar-refractivity contribution is 7.15. The molecule has 0 saturated heterocycles. The van der Waals surface area contributed by atoms with E-state index in [4.69, 9.17) is 4.74 Å².